The van der Waals surface area contributed by atoms with Gasteiger partial charge in [-0.3, -0.25) is 0 Å². The molecule has 4 aromatic rings. The standard InChI is InChI=1S/C23H18ClN3O4S2/c1-15-11-20(24)21(25-12-15)27(33(30,31)19-9-7-17(8-10-19)23(28)29)13-18-14-32-22(26-18)16-5-3-2-4-6-16/h2-12,14H,13H2,1H3,(H,28,29). The molecule has 2 heterocycles. The first-order valence-corrected chi connectivity index (χ1v) is 12.4. The number of carboxylic acid groups (broad SMARTS) is 1. The fourth-order valence-corrected chi connectivity index (χ4v) is 5.72. The van der Waals surface area contributed by atoms with Gasteiger partial charge < -0.3 is 5.11 Å². The molecule has 33 heavy (non-hydrogen) atoms. The Bertz CT molecular complexity index is 1410. The Kier molecular flexibility index (Phi) is 6.46. The molecule has 0 unspecified atom stereocenters. The molecular formula is C23H18ClN3O4S2. The van der Waals surface area contributed by atoms with E-state index in [2.05, 4.69) is 9.97 Å². The van der Waals surface area contributed by atoms with Crippen LogP contribution in [0.3, 0.4) is 0 Å². The van der Waals surface area contributed by atoms with Crippen molar-refractivity contribution in [3.63, 3.8) is 0 Å². The smallest absolute Gasteiger partial charge is 0.335 e. The van der Waals surface area contributed by atoms with Gasteiger partial charge in [0.25, 0.3) is 10.0 Å². The number of aromatic carboxylic acids is 1. The van der Waals surface area contributed by atoms with Crippen LogP contribution in [-0.4, -0.2) is 29.5 Å². The largest absolute Gasteiger partial charge is 0.478 e. The number of sulfonamides is 1. The third-order valence-corrected chi connectivity index (χ3v) is 7.73. The summed E-state index contributed by atoms with van der Waals surface area (Å²) in [6, 6.07) is 16.2. The Morgan fingerprint density at radius 2 is 1.82 bits per heavy atom. The maximum absolute atomic E-state index is 13.6. The Hall–Kier alpha value is -3.27. The van der Waals surface area contributed by atoms with Gasteiger partial charge in [0.05, 0.1) is 27.7 Å². The van der Waals surface area contributed by atoms with Crippen molar-refractivity contribution in [1.82, 2.24) is 9.97 Å². The number of pyridine rings is 1. The topological polar surface area (TPSA) is 100 Å². The summed E-state index contributed by atoms with van der Waals surface area (Å²) < 4.78 is 28.3. The first-order valence-electron chi connectivity index (χ1n) is 9.74. The van der Waals surface area contributed by atoms with E-state index in [0.29, 0.717) is 5.69 Å². The molecule has 0 spiro atoms. The van der Waals surface area contributed by atoms with E-state index < -0.39 is 16.0 Å². The summed E-state index contributed by atoms with van der Waals surface area (Å²) in [7, 11) is -4.13. The summed E-state index contributed by atoms with van der Waals surface area (Å²) in [4.78, 5) is 20.0. The van der Waals surface area contributed by atoms with Crippen LogP contribution in [0.1, 0.15) is 21.6 Å². The van der Waals surface area contributed by atoms with Gasteiger partial charge in [0.1, 0.15) is 5.01 Å². The SMILES string of the molecule is Cc1cnc(N(Cc2csc(-c3ccccc3)n2)S(=O)(=O)c2ccc(C(=O)O)cc2)c(Cl)c1. The van der Waals surface area contributed by atoms with Gasteiger partial charge in [-0.05, 0) is 42.8 Å². The van der Waals surface area contributed by atoms with Crippen LogP contribution in [0.5, 0.6) is 0 Å². The second kappa shape index (κ2) is 9.30. The summed E-state index contributed by atoms with van der Waals surface area (Å²) >= 11 is 7.79. The van der Waals surface area contributed by atoms with Crippen molar-refractivity contribution >= 4 is 44.7 Å². The zero-order chi connectivity index (χ0) is 23.6. The molecule has 0 bridgehead atoms. The van der Waals surface area contributed by atoms with Crippen molar-refractivity contribution in [3.8, 4) is 10.6 Å². The number of aromatic nitrogens is 2. The van der Waals surface area contributed by atoms with E-state index in [1.807, 2.05) is 30.3 Å². The van der Waals surface area contributed by atoms with Gasteiger partial charge >= 0.3 is 5.97 Å². The number of hydrogen-bond acceptors (Lipinski definition) is 6. The van der Waals surface area contributed by atoms with Crippen LogP contribution in [0.15, 0.2) is 77.1 Å². The van der Waals surface area contributed by atoms with Crippen LogP contribution in [0.4, 0.5) is 5.82 Å². The highest BCUT2D eigenvalue weighted by Gasteiger charge is 2.29. The zero-order valence-electron chi connectivity index (χ0n) is 17.3. The van der Waals surface area contributed by atoms with E-state index in [4.69, 9.17) is 16.7 Å². The fourth-order valence-electron chi connectivity index (χ4n) is 3.12. The molecule has 0 amide bonds. The number of halogens is 1. The maximum atomic E-state index is 13.6. The summed E-state index contributed by atoms with van der Waals surface area (Å²) in [5.41, 5.74) is 2.23. The molecule has 7 nitrogen and oxygen atoms in total. The molecule has 0 aliphatic heterocycles. The van der Waals surface area contributed by atoms with Crippen LogP contribution in [-0.2, 0) is 16.6 Å². The molecular weight excluding hydrogens is 482 g/mol. The van der Waals surface area contributed by atoms with Crippen molar-refractivity contribution in [2.75, 3.05) is 4.31 Å². The average molecular weight is 500 g/mol. The number of rotatable bonds is 7. The van der Waals surface area contributed by atoms with Crippen molar-refractivity contribution in [3.05, 3.63) is 94.1 Å². The third kappa shape index (κ3) is 4.90. The molecule has 10 heteroatoms. The fraction of sp³-hybridized carbons (Fsp3) is 0.0870. The predicted octanol–water partition coefficient (Wildman–Crippen LogP) is 5.26. The average Bonchev–Trinajstić information content (AvgIpc) is 3.27. The molecule has 0 saturated carbocycles. The van der Waals surface area contributed by atoms with Gasteiger partial charge in [-0.2, -0.15) is 0 Å². The van der Waals surface area contributed by atoms with Crippen molar-refractivity contribution < 1.29 is 18.3 Å². The number of aryl methyl sites for hydroxylation is 1. The number of hydrogen-bond donors (Lipinski definition) is 1. The lowest BCUT2D eigenvalue weighted by molar-refractivity contribution is 0.0696. The van der Waals surface area contributed by atoms with Gasteiger partial charge in [0, 0.05) is 17.1 Å². The first kappa shape index (κ1) is 22.9. The molecule has 0 aliphatic rings. The monoisotopic (exact) mass is 499 g/mol. The van der Waals surface area contributed by atoms with Gasteiger partial charge in [-0.25, -0.2) is 27.5 Å². The van der Waals surface area contributed by atoms with Crippen molar-refractivity contribution in [2.24, 2.45) is 0 Å². The molecule has 168 valence electrons. The van der Waals surface area contributed by atoms with E-state index in [1.54, 1.807) is 18.4 Å². The van der Waals surface area contributed by atoms with Gasteiger partial charge in [0.2, 0.25) is 0 Å². The molecule has 0 radical (unpaired) electrons. The second-order valence-electron chi connectivity index (χ2n) is 7.17. The Morgan fingerprint density at radius 3 is 2.45 bits per heavy atom. The highest BCUT2D eigenvalue weighted by Crippen LogP contribution is 2.32. The number of benzene rings is 2. The van der Waals surface area contributed by atoms with Crippen molar-refractivity contribution in [1.29, 1.82) is 0 Å². The van der Waals surface area contributed by atoms with E-state index in [-0.39, 0.29) is 27.8 Å². The number of carboxylic acids is 1. The lowest BCUT2D eigenvalue weighted by Gasteiger charge is -2.24. The quantitative estimate of drug-likeness (QED) is 0.372. The van der Waals surface area contributed by atoms with Crippen LogP contribution in [0.2, 0.25) is 5.02 Å². The number of carbonyl (C=O) groups is 1. The highest BCUT2D eigenvalue weighted by atomic mass is 35.5. The third-order valence-electron chi connectivity index (χ3n) is 4.76. The molecule has 2 aromatic heterocycles. The van der Waals surface area contributed by atoms with Gasteiger partial charge in [-0.15, -0.1) is 11.3 Å². The maximum Gasteiger partial charge on any atom is 0.335 e. The molecule has 0 fully saturated rings. The summed E-state index contributed by atoms with van der Waals surface area (Å²) in [5, 5.41) is 11.9. The molecule has 0 saturated heterocycles. The molecule has 1 N–H and O–H groups in total. The summed E-state index contributed by atoms with van der Waals surface area (Å²) in [6.45, 7) is 1.71. The number of nitrogens with zero attached hydrogens (tertiary/aromatic N) is 3. The van der Waals surface area contributed by atoms with Crippen LogP contribution in [0, 0.1) is 6.92 Å². The van der Waals surface area contributed by atoms with E-state index >= 15 is 0 Å². The Labute approximate surface area is 200 Å². The molecule has 4 rings (SSSR count). The highest BCUT2D eigenvalue weighted by molar-refractivity contribution is 7.92. The normalized spacial score (nSPS) is 11.3. The molecule has 0 aliphatic carbocycles. The minimum Gasteiger partial charge on any atom is -0.478 e. The Balaban J connectivity index is 1.75. The van der Waals surface area contributed by atoms with Crippen LogP contribution < -0.4 is 4.31 Å². The second-order valence-corrected chi connectivity index (χ2v) is 10.3. The number of thiazole rings is 1. The van der Waals surface area contributed by atoms with Gasteiger partial charge in [0.15, 0.2) is 5.82 Å². The minimum atomic E-state index is -4.13. The minimum absolute atomic E-state index is 0.0148. The Morgan fingerprint density at radius 1 is 1.12 bits per heavy atom. The van der Waals surface area contributed by atoms with E-state index in [0.717, 1.165) is 20.4 Å². The van der Waals surface area contributed by atoms with Crippen LogP contribution in [0.25, 0.3) is 10.6 Å². The van der Waals surface area contributed by atoms with Crippen molar-refractivity contribution in [2.45, 2.75) is 18.4 Å². The lowest BCUT2D eigenvalue weighted by Crippen LogP contribution is -2.31. The lowest BCUT2D eigenvalue weighted by atomic mass is 10.2. The van der Waals surface area contributed by atoms with E-state index in [9.17, 15) is 13.2 Å². The van der Waals surface area contributed by atoms with E-state index in [1.165, 1.54) is 41.8 Å². The predicted molar refractivity (Wildman–Crippen MR) is 128 cm³/mol. The van der Waals surface area contributed by atoms with Gasteiger partial charge in [-0.1, -0.05) is 41.9 Å². The molecule has 2 aromatic carbocycles. The molecule has 0 atom stereocenters. The summed E-state index contributed by atoms with van der Waals surface area (Å²) in [6.07, 6.45) is 1.54. The first-order chi connectivity index (χ1) is 15.8. The summed E-state index contributed by atoms with van der Waals surface area (Å²) in [5.74, 6) is -1.08. The van der Waals surface area contributed by atoms with Crippen LogP contribution >= 0.6 is 22.9 Å². The number of anilines is 1. The zero-order valence-corrected chi connectivity index (χ0v) is 19.7.